The molecule has 1 aliphatic heterocycles. The van der Waals surface area contributed by atoms with E-state index in [1.807, 2.05) is 0 Å². The number of cyclic esters (lactones) is 1. The van der Waals surface area contributed by atoms with Gasteiger partial charge in [-0.2, -0.15) is 0 Å². The summed E-state index contributed by atoms with van der Waals surface area (Å²) >= 11 is 0. The molecular weight excluding hydrogens is 297 g/mol. The third-order valence-corrected chi connectivity index (χ3v) is 3.87. The Kier molecular flexibility index (Phi) is 4.10. The number of carbonyl (C=O) groups excluding carboxylic acids is 2. The van der Waals surface area contributed by atoms with Gasteiger partial charge in [-0.15, -0.1) is 0 Å². The number of ether oxygens (including phenoxy) is 1. The minimum atomic E-state index is -0.562. The van der Waals surface area contributed by atoms with Gasteiger partial charge in [-0.1, -0.05) is 30.3 Å². The van der Waals surface area contributed by atoms with Crippen LogP contribution in [0.2, 0.25) is 0 Å². The molecular formula is C18H16FNO3. The first-order valence-electron chi connectivity index (χ1n) is 7.36. The lowest BCUT2D eigenvalue weighted by atomic mass is 10.0. The van der Waals surface area contributed by atoms with Crippen molar-refractivity contribution in [1.82, 2.24) is 5.32 Å². The summed E-state index contributed by atoms with van der Waals surface area (Å²) in [5.74, 6) is -0.949. The molecule has 0 aliphatic carbocycles. The summed E-state index contributed by atoms with van der Waals surface area (Å²) < 4.78 is 18.7. The molecule has 23 heavy (non-hydrogen) atoms. The molecule has 2 aromatic rings. The average molecular weight is 313 g/mol. The zero-order chi connectivity index (χ0) is 16.4. The van der Waals surface area contributed by atoms with Crippen molar-refractivity contribution in [3.63, 3.8) is 0 Å². The highest BCUT2D eigenvalue weighted by atomic mass is 19.1. The van der Waals surface area contributed by atoms with Crippen LogP contribution in [-0.4, -0.2) is 11.9 Å². The Balaban J connectivity index is 1.60. The van der Waals surface area contributed by atoms with Crippen LogP contribution >= 0.6 is 0 Å². The molecule has 0 radical (unpaired) electrons. The first-order valence-corrected chi connectivity index (χ1v) is 7.36. The van der Waals surface area contributed by atoms with E-state index in [2.05, 4.69) is 5.32 Å². The normalized spacial score (nSPS) is 15.9. The molecule has 0 fully saturated rings. The predicted octanol–water partition coefficient (Wildman–Crippen LogP) is 3.05. The van der Waals surface area contributed by atoms with E-state index in [0.29, 0.717) is 16.7 Å². The van der Waals surface area contributed by atoms with E-state index in [1.165, 1.54) is 6.07 Å². The maximum atomic E-state index is 13.5. The molecule has 118 valence electrons. The van der Waals surface area contributed by atoms with Crippen LogP contribution in [0.4, 0.5) is 4.39 Å². The van der Waals surface area contributed by atoms with Crippen molar-refractivity contribution in [3.05, 3.63) is 70.5 Å². The number of fused-ring (bicyclic) bond motifs is 1. The van der Waals surface area contributed by atoms with Crippen LogP contribution in [0.5, 0.6) is 0 Å². The molecule has 1 heterocycles. The number of hydrogen-bond acceptors (Lipinski definition) is 3. The first kappa shape index (κ1) is 15.2. The van der Waals surface area contributed by atoms with Crippen LogP contribution in [0, 0.1) is 12.7 Å². The fraction of sp³-hybridized carbons (Fsp3) is 0.222. The molecule has 0 spiro atoms. The summed E-state index contributed by atoms with van der Waals surface area (Å²) in [6.45, 7) is 1.92. The summed E-state index contributed by atoms with van der Waals surface area (Å²) in [5, 5.41) is 2.72. The van der Waals surface area contributed by atoms with Gasteiger partial charge in [0.05, 0.1) is 12.0 Å². The van der Waals surface area contributed by atoms with Gasteiger partial charge in [0.25, 0.3) is 0 Å². The molecule has 1 amide bonds. The molecule has 0 saturated heterocycles. The fourth-order valence-corrected chi connectivity index (χ4v) is 2.56. The van der Waals surface area contributed by atoms with Crippen LogP contribution in [-0.2, 0) is 16.1 Å². The van der Waals surface area contributed by atoms with E-state index in [-0.39, 0.29) is 24.7 Å². The van der Waals surface area contributed by atoms with Crippen LogP contribution in [0.3, 0.4) is 0 Å². The highest BCUT2D eigenvalue weighted by Gasteiger charge is 2.31. The van der Waals surface area contributed by atoms with Crippen molar-refractivity contribution in [1.29, 1.82) is 0 Å². The smallest absolute Gasteiger partial charge is 0.339 e. The maximum Gasteiger partial charge on any atom is 0.339 e. The minimum Gasteiger partial charge on any atom is -0.453 e. The van der Waals surface area contributed by atoms with Crippen molar-refractivity contribution in [2.24, 2.45) is 0 Å². The number of halogens is 1. The van der Waals surface area contributed by atoms with E-state index < -0.39 is 12.1 Å². The van der Waals surface area contributed by atoms with Gasteiger partial charge in [-0.3, -0.25) is 4.79 Å². The van der Waals surface area contributed by atoms with E-state index >= 15 is 0 Å². The summed E-state index contributed by atoms with van der Waals surface area (Å²) in [6.07, 6.45) is -0.509. The predicted molar refractivity (Wildman–Crippen MR) is 82.2 cm³/mol. The topological polar surface area (TPSA) is 55.4 Å². The van der Waals surface area contributed by atoms with Crippen LogP contribution < -0.4 is 5.32 Å². The van der Waals surface area contributed by atoms with Gasteiger partial charge in [0.1, 0.15) is 11.9 Å². The van der Waals surface area contributed by atoms with Gasteiger partial charge in [-0.25, -0.2) is 9.18 Å². The van der Waals surface area contributed by atoms with Crippen LogP contribution in [0.25, 0.3) is 0 Å². The minimum absolute atomic E-state index is 0.0527. The summed E-state index contributed by atoms with van der Waals surface area (Å²) in [5.41, 5.74) is 2.49. The zero-order valence-electron chi connectivity index (χ0n) is 12.6. The molecule has 0 saturated carbocycles. The van der Waals surface area contributed by atoms with Crippen molar-refractivity contribution < 1.29 is 18.7 Å². The Morgan fingerprint density at radius 3 is 2.83 bits per heavy atom. The molecule has 1 atom stereocenters. The van der Waals surface area contributed by atoms with E-state index in [4.69, 9.17) is 4.74 Å². The second-order valence-corrected chi connectivity index (χ2v) is 5.55. The van der Waals surface area contributed by atoms with Gasteiger partial charge in [-0.05, 0) is 30.2 Å². The molecule has 0 bridgehead atoms. The first-order chi connectivity index (χ1) is 11.0. The SMILES string of the molecule is Cc1ccc(CNC(=O)C[C@@H]2OC(=O)c3ccccc32)cc1F. The standard InChI is InChI=1S/C18H16FNO3/c1-11-6-7-12(8-15(11)19)10-20-17(21)9-16-13-4-2-3-5-14(13)18(22)23-16/h2-8,16H,9-10H2,1H3,(H,20,21)/t16-/m0/s1. The lowest BCUT2D eigenvalue weighted by Gasteiger charge is -2.11. The molecule has 2 aromatic carbocycles. The average Bonchev–Trinajstić information content (AvgIpc) is 2.85. The van der Waals surface area contributed by atoms with Crippen molar-refractivity contribution in [3.8, 4) is 0 Å². The lowest BCUT2D eigenvalue weighted by Crippen LogP contribution is -2.24. The second kappa shape index (κ2) is 6.20. The van der Waals surface area contributed by atoms with E-state index in [1.54, 1.807) is 43.3 Å². The number of esters is 1. The Bertz CT molecular complexity index is 773. The van der Waals surface area contributed by atoms with Gasteiger partial charge < -0.3 is 10.1 Å². The third-order valence-electron chi connectivity index (χ3n) is 3.87. The Morgan fingerprint density at radius 1 is 1.26 bits per heavy atom. The van der Waals surface area contributed by atoms with Crippen LogP contribution in [0.15, 0.2) is 42.5 Å². The summed E-state index contributed by atoms with van der Waals surface area (Å²) in [7, 11) is 0. The molecule has 0 unspecified atom stereocenters. The molecule has 3 rings (SSSR count). The Morgan fingerprint density at radius 2 is 2.04 bits per heavy atom. The number of hydrogen-bond donors (Lipinski definition) is 1. The zero-order valence-corrected chi connectivity index (χ0v) is 12.6. The van der Waals surface area contributed by atoms with Crippen LogP contribution in [0.1, 0.15) is 39.6 Å². The Hall–Kier alpha value is -2.69. The molecule has 1 aliphatic rings. The molecule has 0 aromatic heterocycles. The second-order valence-electron chi connectivity index (χ2n) is 5.55. The summed E-state index contributed by atoms with van der Waals surface area (Å²) in [4.78, 5) is 23.8. The number of amides is 1. The number of carbonyl (C=O) groups is 2. The highest BCUT2D eigenvalue weighted by molar-refractivity contribution is 5.94. The van der Waals surface area contributed by atoms with E-state index in [9.17, 15) is 14.0 Å². The lowest BCUT2D eigenvalue weighted by molar-refractivity contribution is -0.123. The van der Waals surface area contributed by atoms with Crippen molar-refractivity contribution in [2.75, 3.05) is 0 Å². The highest BCUT2D eigenvalue weighted by Crippen LogP contribution is 2.32. The van der Waals surface area contributed by atoms with Gasteiger partial charge in [0.15, 0.2) is 0 Å². The number of benzene rings is 2. The number of nitrogens with one attached hydrogen (secondary N) is 1. The largest absolute Gasteiger partial charge is 0.453 e. The van der Waals surface area contributed by atoms with Gasteiger partial charge in [0, 0.05) is 12.1 Å². The third kappa shape index (κ3) is 3.23. The van der Waals surface area contributed by atoms with Crippen molar-refractivity contribution in [2.45, 2.75) is 26.0 Å². The monoisotopic (exact) mass is 313 g/mol. The van der Waals surface area contributed by atoms with E-state index in [0.717, 1.165) is 5.56 Å². The van der Waals surface area contributed by atoms with Gasteiger partial charge >= 0.3 is 5.97 Å². The maximum absolute atomic E-state index is 13.5. The quantitative estimate of drug-likeness (QED) is 0.883. The Labute approximate surface area is 133 Å². The molecule has 1 N–H and O–H groups in total. The number of rotatable bonds is 4. The molecule has 4 nitrogen and oxygen atoms in total. The number of aryl methyl sites for hydroxylation is 1. The fourth-order valence-electron chi connectivity index (χ4n) is 2.56. The molecule has 5 heteroatoms. The van der Waals surface area contributed by atoms with Gasteiger partial charge in [0.2, 0.25) is 5.91 Å². The van der Waals surface area contributed by atoms with Crippen molar-refractivity contribution >= 4 is 11.9 Å². The summed E-state index contributed by atoms with van der Waals surface area (Å²) in [6, 6.07) is 11.9.